The molecule has 1 N–H and O–H groups in total. The number of anilines is 1. The molecule has 102 valence electrons. The zero-order valence-electron chi connectivity index (χ0n) is 11.6. The third kappa shape index (κ3) is 3.67. The van der Waals surface area contributed by atoms with E-state index in [-0.39, 0.29) is 12.0 Å². The first kappa shape index (κ1) is 14.3. The van der Waals surface area contributed by atoms with E-state index < -0.39 is 0 Å². The Morgan fingerprint density at radius 1 is 1.21 bits per heavy atom. The van der Waals surface area contributed by atoms with Gasteiger partial charge in [0.05, 0.1) is 6.04 Å². The highest BCUT2D eigenvalue weighted by Gasteiger charge is 2.11. The van der Waals surface area contributed by atoms with Gasteiger partial charge in [0.15, 0.2) is 0 Å². The maximum absolute atomic E-state index is 6.04. The molecule has 3 nitrogen and oxygen atoms in total. The van der Waals surface area contributed by atoms with E-state index in [1.807, 2.05) is 0 Å². The van der Waals surface area contributed by atoms with Gasteiger partial charge in [-0.2, -0.15) is 0 Å². The van der Waals surface area contributed by atoms with Crippen molar-refractivity contribution in [2.24, 2.45) is 0 Å². The highest BCUT2D eigenvalue weighted by atomic mass is 35.5. The van der Waals surface area contributed by atoms with Crippen LogP contribution in [0.1, 0.15) is 48.3 Å². The minimum absolute atomic E-state index is 0.213. The summed E-state index contributed by atoms with van der Waals surface area (Å²) in [7, 11) is 0. The molecular weight excluding hydrogens is 278 g/mol. The largest absolute Gasteiger partial charge is 0.363 e. The Morgan fingerprint density at radius 2 is 1.95 bits per heavy atom. The van der Waals surface area contributed by atoms with Gasteiger partial charge in [0.1, 0.15) is 16.8 Å². The SMILES string of the molecule is Cc1ccc(C(C)Nc2cc(Cl)nc(C(C)C)n2)s1. The predicted molar refractivity (Wildman–Crippen MR) is 82.2 cm³/mol. The van der Waals surface area contributed by atoms with Crippen LogP contribution in [0.3, 0.4) is 0 Å². The molecule has 0 aromatic carbocycles. The van der Waals surface area contributed by atoms with Crippen molar-refractivity contribution >= 4 is 28.8 Å². The molecule has 0 bridgehead atoms. The molecule has 0 saturated heterocycles. The summed E-state index contributed by atoms with van der Waals surface area (Å²) in [4.78, 5) is 11.3. The fraction of sp³-hybridized carbons (Fsp3) is 0.429. The molecule has 0 aliphatic heterocycles. The normalized spacial score (nSPS) is 12.7. The summed E-state index contributed by atoms with van der Waals surface area (Å²) < 4.78 is 0. The first-order valence-electron chi connectivity index (χ1n) is 6.33. The van der Waals surface area contributed by atoms with Crippen molar-refractivity contribution in [3.63, 3.8) is 0 Å². The fourth-order valence-corrected chi connectivity index (χ4v) is 2.82. The van der Waals surface area contributed by atoms with E-state index in [9.17, 15) is 0 Å². The van der Waals surface area contributed by atoms with Gasteiger partial charge in [-0.3, -0.25) is 0 Å². The number of hydrogen-bond donors (Lipinski definition) is 1. The summed E-state index contributed by atoms with van der Waals surface area (Å²) in [6.45, 7) is 8.35. The molecule has 2 heterocycles. The maximum atomic E-state index is 6.04. The number of aromatic nitrogens is 2. The number of rotatable bonds is 4. The van der Waals surface area contributed by atoms with E-state index in [0.29, 0.717) is 5.15 Å². The molecule has 0 spiro atoms. The zero-order chi connectivity index (χ0) is 14.0. The van der Waals surface area contributed by atoms with Crippen LogP contribution < -0.4 is 5.32 Å². The fourth-order valence-electron chi connectivity index (χ4n) is 1.75. The summed E-state index contributed by atoms with van der Waals surface area (Å²) >= 11 is 7.83. The number of nitrogens with one attached hydrogen (secondary N) is 1. The highest BCUT2D eigenvalue weighted by molar-refractivity contribution is 7.12. The summed E-state index contributed by atoms with van der Waals surface area (Å²) in [5.74, 6) is 1.81. The molecule has 0 saturated carbocycles. The zero-order valence-corrected chi connectivity index (χ0v) is 13.1. The van der Waals surface area contributed by atoms with Crippen LogP contribution in [-0.4, -0.2) is 9.97 Å². The Kier molecular flexibility index (Phi) is 4.42. The molecule has 19 heavy (non-hydrogen) atoms. The van der Waals surface area contributed by atoms with E-state index in [4.69, 9.17) is 11.6 Å². The van der Waals surface area contributed by atoms with E-state index in [1.54, 1.807) is 17.4 Å². The molecule has 1 unspecified atom stereocenters. The Morgan fingerprint density at radius 3 is 2.53 bits per heavy atom. The summed E-state index contributed by atoms with van der Waals surface area (Å²) in [6.07, 6.45) is 0. The standard InChI is InChI=1S/C14H18ClN3S/c1-8(2)14-17-12(15)7-13(18-14)16-10(4)11-6-5-9(3)19-11/h5-8,10H,1-4H3,(H,16,17,18). The van der Waals surface area contributed by atoms with Gasteiger partial charge in [0, 0.05) is 21.7 Å². The van der Waals surface area contributed by atoms with Crippen LogP contribution in [0, 0.1) is 6.92 Å². The number of nitrogens with zero attached hydrogens (tertiary/aromatic N) is 2. The second kappa shape index (κ2) is 5.88. The maximum Gasteiger partial charge on any atom is 0.135 e. The van der Waals surface area contributed by atoms with E-state index >= 15 is 0 Å². The van der Waals surface area contributed by atoms with Gasteiger partial charge in [-0.05, 0) is 26.0 Å². The lowest BCUT2D eigenvalue weighted by Gasteiger charge is -2.14. The minimum atomic E-state index is 0.213. The van der Waals surface area contributed by atoms with Crippen molar-refractivity contribution in [1.82, 2.24) is 9.97 Å². The Balaban J connectivity index is 2.18. The molecule has 2 rings (SSSR count). The van der Waals surface area contributed by atoms with E-state index in [2.05, 4.69) is 55.1 Å². The third-order valence-electron chi connectivity index (χ3n) is 2.78. The monoisotopic (exact) mass is 295 g/mol. The van der Waals surface area contributed by atoms with Crippen LogP contribution in [0.15, 0.2) is 18.2 Å². The van der Waals surface area contributed by atoms with Crippen molar-refractivity contribution < 1.29 is 0 Å². The number of thiophene rings is 1. The quantitative estimate of drug-likeness (QED) is 0.824. The van der Waals surface area contributed by atoms with Gasteiger partial charge in [0.2, 0.25) is 0 Å². The number of aryl methyl sites for hydroxylation is 1. The smallest absolute Gasteiger partial charge is 0.135 e. The number of hydrogen-bond acceptors (Lipinski definition) is 4. The van der Waals surface area contributed by atoms with Crippen LogP contribution in [0.2, 0.25) is 5.15 Å². The van der Waals surface area contributed by atoms with Gasteiger partial charge in [0.25, 0.3) is 0 Å². The lowest BCUT2D eigenvalue weighted by atomic mass is 10.2. The Hall–Kier alpha value is -1.13. The van der Waals surface area contributed by atoms with Crippen molar-refractivity contribution in [2.45, 2.75) is 39.7 Å². The van der Waals surface area contributed by atoms with Crippen LogP contribution >= 0.6 is 22.9 Å². The van der Waals surface area contributed by atoms with E-state index in [0.717, 1.165) is 11.6 Å². The first-order valence-corrected chi connectivity index (χ1v) is 7.52. The Bertz CT molecular complexity index is 566. The van der Waals surface area contributed by atoms with Crippen LogP contribution in [-0.2, 0) is 0 Å². The molecule has 5 heteroatoms. The van der Waals surface area contributed by atoms with Crippen LogP contribution in [0.5, 0.6) is 0 Å². The van der Waals surface area contributed by atoms with Gasteiger partial charge < -0.3 is 5.32 Å². The van der Waals surface area contributed by atoms with Crippen molar-refractivity contribution in [2.75, 3.05) is 5.32 Å². The van der Waals surface area contributed by atoms with Gasteiger partial charge in [-0.1, -0.05) is 25.4 Å². The van der Waals surface area contributed by atoms with Crippen molar-refractivity contribution in [3.05, 3.63) is 38.9 Å². The van der Waals surface area contributed by atoms with Crippen LogP contribution in [0.25, 0.3) is 0 Å². The van der Waals surface area contributed by atoms with Crippen LogP contribution in [0.4, 0.5) is 5.82 Å². The average Bonchev–Trinajstić information content (AvgIpc) is 2.75. The molecule has 2 aromatic rings. The topological polar surface area (TPSA) is 37.8 Å². The minimum Gasteiger partial charge on any atom is -0.363 e. The Labute approximate surface area is 123 Å². The second-order valence-electron chi connectivity index (χ2n) is 4.90. The van der Waals surface area contributed by atoms with Crippen molar-refractivity contribution in [3.8, 4) is 0 Å². The summed E-state index contributed by atoms with van der Waals surface area (Å²) in [5.41, 5.74) is 0. The highest BCUT2D eigenvalue weighted by Crippen LogP contribution is 2.26. The van der Waals surface area contributed by atoms with Gasteiger partial charge in [-0.25, -0.2) is 9.97 Å². The summed E-state index contributed by atoms with van der Waals surface area (Å²) in [5, 5.41) is 3.86. The lowest BCUT2D eigenvalue weighted by molar-refractivity contribution is 0.769. The molecule has 1 atom stereocenters. The third-order valence-corrected chi connectivity index (χ3v) is 4.16. The van der Waals surface area contributed by atoms with E-state index in [1.165, 1.54) is 9.75 Å². The molecular formula is C14H18ClN3S. The molecule has 0 radical (unpaired) electrons. The predicted octanol–water partition coefficient (Wildman–Crippen LogP) is 4.80. The van der Waals surface area contributed by atoms with Gasteiger partial charge in [-0.15, -0.1) is 11.3 Å². The molecule has 0 fully saturated rings. The van der Waals surface area contributed by atoms with Gasteiger partial charge >= 0.3 is 0 Å². The molecule has 0 aliphatic rings. The first-order chi connectivity index (χ1) is 8.95. The molecule has 2 aromatic heterocycles. The number of halogens is 1. The molecule has 0 aliphatic carbocycles. The molecule has 0 amide bonds. The van der Waals surface area contributed by atoms with Crippen molar-refractivity contribution in [1.29, 1.82) is 0 Å². The summed E-state index contributed by atoms with van der Waals surface area (Å²) in [6, 6.07) is 6.25. The lowest BCUT2D eigenvalue weighted by Crippen LogP contribution is -2.09. The second-order valence-corrected chi connectivity index (χ2v) is 6.61. The average molecular weight is 296 g/mol.